The summed E-state index contributed by atoms with van der Waals surface area (Å²) in [5.41, 5.74) is 3.83. The first-order valence-electron chi connectivity index (χ1n) is 6.36. The van der Waals surface area contributed by atoms with Gasteiger partial charge in [-0.1, -0.05) is 36.4 Å². The Labute approximate surface area is 122 Å². The van der Waals surface area contributed by atoms with Gasteiger partial charge in [0.1, 0.15) is 0 Å². The lowest BCUT2D eigenvalue weighted by Gasteiger charge is -2.08. The van der Waals surface area contributed by atoms with E-state index < -0.39 is 0 Å². The third-order valence-electron chi connectivity index (χ3n) is 3.16. The molecular weight excluding hydrogens is 268 g/mol. The molecule has 0 radical (unpaired) electrons. The Balaban J connectivity index is 2.07. The Hall–Kier alpha value is -2.20. The van der Waals surface area contributed by atoms with Gasteiger partial charge in [-0.2, -0.15) is 12.6 Å². The lowest BCUT2D eigenvalue weighted by Crippen LogP contribution is -2.13. The molecule has 20 heavy (non-hydrogen) atoms. The normalized spacial score (nSPS) is 10.7. The number of aromatic amines is 1. The molecule has 1 heterocycles. The van der Waals surface area contributed by atoms with Crippen LogP contribution >= 0.6 is 12.6 Å². The number of aromatic nitrogens is 1. The van der Waals surface area contributed by atoms with Gasteiger partial charge >= 0.3 is 0 Å². The highest BCUT2D eigenvalue weighted by atomic mass is 32.1. The lowest BCUT2D eigenvalue weighted by atomic mass is 10.1. The van der Waals surface area contributed by atoms with Crippen molar-refractivity contribution in [3.63, 3.8) is 0 Å². The Kier molecular flexibility index (Phi) is 3.48. The highest BCUT2D eigenvalue weighted by molar-refractivity contribution is 7.81. The molecule has 0 aliphatic carbocycles. The van der Waals surface area contributed by atoms with Gasteiger partial charge in [-0.3, -0.25) is 4.79 Å². The van der Waals surface area contributed by atoms with E-state index in [4.69, 9.17) is 0 Å². The maximum absolute atomic E-state index is 11.5. The number of amides is 1. The molecule has 0 saturated carbocycles. The molecule has 0 bridgehead atoms. The van der Waals surface area contributed by atoms with Crippen molar-refractivity contribution < 1.29 is 4.79 Å². The summed E-state index contributed by atoms with van der Waals surface area (Å²) < 4.78 is 0. The van der Waals surface area contributed by atoms with Crippen molar-refractivity contribution in [3.05, 3.63) is 54.6 Å². The summed E-state index contributed by atoms with van der Waals surface area (Å²) in [5.74, 6) is 0.0537. The number of rotatable bonds is 3. The van der Waals surface area contributed by atoms with E-state index >= 15 is 0 Å². The third kappa shape index (κ3) is 2.42. The zero-order valence-electron chi connectivity index (χ0n) is 10.8. The van der Waals surface area contributed by atoms with Crippen molar-refractivity contribution in [3.8, 4) is 11.3 Å². The number of hydrogen-bond donors (Lipinski definition) is 3. The summed E-state index contributed by atoms with van der Waals surface area (Å²) in [6.07, 6.45) is 0. The molecular formula is C16H14N2OS. The van der Waals surface area contributed by atoms with Gasteiger partial charge < -0.3 is 10.3 Å². The van der Waals surface area contributed by atoms with E-state index in [9.17, 15) is 4.79 Å². The smallest absolute Gasteiger partial charge is 0.234 e. The average molecular weight is 282 g/mol. The summed E-state index contributed by atoms with van der Waals surface area (Å²) in [6, 6.07) is 17.9. The van der Waals surface area contributed by atoms with Crippen LogP contribution < -0.4 is 5.32 Å². The predicted molar refractivity (Wildman–Crippen MR) is 86.2 cm³/mol. The van der Waals surface area contributed by atoms with Crippen LogP contribution in [-0.2, 0) is 4.79 Å². The van der Waals surface area contributed by atoms with Crippen LogP contribution in [0.15, 0.2) is 54.6 Å². The van der Waals surface area contributed by atoms with Gasteiger partial charge in [-0.05, 0) is 18.2 Å². The van der Waals surface area contributed by atoms with Crippen LogP contribution in [0.1, 0.15) is 0 Å². The van der Waals surface area contributed by atoms with Crippen LogP contribution in [0.4, 0.5) is 5.69 Å². The fourth-order valence-electron chi connectivity index (χ4n) is 2.24. The third-order valence-corrected chi connectivity index (χ3v) is 3.45. The van der Waals surface area contributed by atoms with Crippen LogP contribution in [0.25, 0.3) is 22.2 Å². The number of carbonyl (C=O) groups is 1. The van der Waals surface area contributed by atoms with Crippen LogP contribution in [0.3, 0.4) is 0 Å². The summed E-state index contributed by atoms with van der Waals surface area (Å²) in [5, 5.41) is 4.02. The lowest BCUT2D eigenvalue weighted by molar-refractivity contribution is -0.113. The molecule has 0 spiro atoms. The maximum atomic E-state index is 11.5. The highest BCUT2D eigenvalue weighted by Crippen LogP contribution is 2.29. The molecule has 0 aliphatic rings. The SMILES string of the molecule is O=C(CS)Nc1ccccc1-c1cc2ccccc2[nH]1. The van der Waals surface area contributed by atoms with Crippen molar-refractivity contribution >= 4 is 35.1 Å². The van der Waals surface area contributed by atoms with Gasteiger partial charge in [-0.15, -0.1) is 0 Å². The van der Waals surface area contributed by atoms with Crippen molar-refractivity contribution in [1.29, 1.82) is 0 Å². The monoisotopic (exact) mass is 282 g/mol. The number of thiol groups is 1. The molecule has 0 aliphatic heterocycles. The zero-order valence-corrected chi connectivity index (χ0v) is 11.7. The number of carbonyl (C=O) groups excluding carboxylic acids is 1. The first-order chi connectivity index (χ1) is 9.78. The van der Waals surface area contributed by atoms with Gasteiger partial charge in [0.05, 0.1) is 11.4 Å². The number of H-pyrrole nitrogens is 1. The largest absolute Gasteiger partial charge is 0.354 e. The average Bonchev–Trinajstić information content (AvgIpc) is 2.91. The second kappa shape index (κ2) is 5.43. The topological polar surface area (TPSA) is 44.9 Å². The molecule has 4 heteroatoms. The molecule has 3 nitrogen and oxygen atoms in total. The van der Waals surface area contributed by atoms with E-state index in [1.54, 1.807) is 0 Å². The van der Waals surface area contributed by atoms with Crippen LogP contribution in [0.5, 0.6) is 0 Å². The Bertz CT molecular complexity index is 731. The number of anilines is 1. The molecule has 3 rings (SSSR count). The summed E-state index contributed by atoms with van der Waals surface area (Å²) in [7, 11) is 0. The van der Waals surface area contributed by atoms with Gasteiger partial charge in [0, 0.05) is 22.2 Å². The van der Waals surface area contributed by atoms with Gasteiger partial charge in [0.25, 0.3) is 0 Å². The van der Waals surface area contributed by atoms with Gasteiger partial charge in [0.2, 0.25) is 5.91 Å². The zero-order chi connectivity index (χ0) is 13.9. The fraction of sp³-hybridized carbons (Fsp3) is 0.0625. The number of nitrogens with one attached hydrogen (secondary N) is 2. The standard InChI is InChI=1S/C16H14N2OS/c19-16(10-20)18-14-8-4-2-6-12(14)15-9-11-5-1-3-7-13(11)17-15/h1-9,17,20H,10H2,(H,18,19). The van der Waals surface area contributed by atoms with E-state index in [0.717, 1.165) is 27.8 Å². The summed E-state index contributed by atoms with van der Waals surface area (Å²) in [6.45, 7) is 0. The second-order valence-electron chi connectivity index (χ2n) is 4.52. The quantitative estimate of drug-likeness (QED) is 0.630. The minimum Gasteiger partial charge on any atom is -0.354 e. The van der Waals surface area contributed by atoms with Gasteiger partial charge in [0.15, 0.2) is 0 Å². The van der Waals surface area contributed by atoms with Crippen molar-refractivity contribution in [2.24, 2.45) is 0 Å². The van der Waals surface area contributed by atoms with Gasteiger partial charge in [-0.25, -0.2) is 0 Å². The molecule has 100 valence electrons. The van der Waals surface area contributed by atoms with Crippen molar-refractivity contribution in [2.75, 3.05) is 11.1 Å². The van der Waals surface area contributed by atoms with E-state index in [0.29, 0.717) is 0 Å². The van der Waals surface area contributed by atoms with E-state index in [1.807, 2.05) is 42.5 Å². The molecule has 0 atom stereocenters. The fourth-order valence-corrected chi connectivity index (χ4v) is 2.31. The maximum Gasteiger partial charge on any atom is 0.234 e. The number of fused-ring (bicyclic) bond motifs is 1. The number of benzene rings is 2. The van der Waals surface area contributed by atoms with Crippen molar-refractivity contribution in [1.82, 2.24) is 4.98 Å². The molecule has 2 N–H and O–H groups in total. The van der Waals surface area contributed by atoms with Crippen LogP contribution in [0.2, 0.25) is 0 Å². The van der Waals surface area contributed by atoms with E-state index in [1.165, 1.54) is 0 Å². The first-order valence-corrected chi connectivity index (χ1v) is 6.99. The minimum atomic E-state index is -0.114. The highest BCUT2D eigenvalue weighted by Gasteiger charge is 2.09. The molecule has 1 amide bonds. The molecule has 0 fully saturated rings. The molecule has 3 aromatic rings. The van der Waals surface area contributed by atoms with E-state index in [2.05, 4.69) is 35.1 Å². The molecule has 2 aromatic carbocycles. The second-order valence-corrected chi connectivity index (χ2v) is 4.84. The van der Waals surface area contributed by atoms with Crippen LogP contribution in [-0.4, -0.2) is 16.6 Å². The summed E-state index contributed by atoms with van der Waals surface area (Å²) >= 11 is 3.99. The predicted octanol–water partition coefficient (Wildman–Crippen LogP) is 3.70. The van der Waals surface area contributed by atoms with E-state index in [-0.39, 0.29) is 11.7 Å². The molecule has 0 unspecified atom stereocenters. The molecule has 1 aromatic heterocycles. The van der Waals surface area contributed by atoms with Crippen molar-refractivity contribution in [2.45, 2.75) is 0 Å². The molecule has 0 saturated heterocycles. The Morgan fingerprint density at radius 1 is 1.10 bits per heavy atom. The number of para-hydroxylation sites is 2. The Morgan fingerprint density at radius 2 is 1.85 bits per heavy atom. The first kappa shape index (κ1) is 12.8. The number of hydrogen-bond acceptors (Lipinski definition) is 2. The van der Waals surface area contributed by atoms with Crippen LogP contribution in [0, 0.1) is 0 Å². The minimum absolute atomic E-state index is 0.114. The Morgan fingerprint density at radius 3 is 2.65 bits per heavy atom. The summed E-state index contributed by atoms with van der Waals surface area (Å²) in [4.78, 5) is 14.9.